The van der Waals surface area contributed by atoms with Gasteiger partial charge in [0.2, 0.25) is 12.7 Å². The number of fused-ring (bicyclic) bond motifs is 1. The summed E-state index contributed by atoms with van der Waals surface area (Å²) in [6, 6.07) is 6.08. The van der Waals surface area contributed by atoms with Gasteiger partial charge in [-0.05, 0) is 31.5 Å². The SMILES string of the molecule is Cc1nn(CCC(=O)N2CCN(Cc3ccc4c(c3)OCO4)CC2)c(C)c1Cl. The number of piperazine rings is 1. The third-order valence-corrected chi connectivity index (χ3v) is 5.95. The van der Waals surface area contributed by atoms with E-state index >= 15 is 0 Å². The quantitative estimate of drug-likeness (QED) is 0.766. The number of carbonyl (C=O) groups excluding carboxylic acids is 1. The molecule has 0 radical (unpaired) electrons. The van der Waals surface area contributed by atoms with Crippen LogP contribution < -0.4 is 9.47 Å². The van der Waals surface area contributed by atoms with Crippen LogP contribution in [0.25, 0.3) is 0 Å². The van der Waals surface area contributed by atoms with Crippen LogP contribution in [0.15, 0.2) is 18.2 Å². The topological polar surface area (TPSA) is 59.8 Å². The van der Waals surface area contributed by atoms with Crippen molar-refractivity contribution in [3.63, 3.8) is 0 Å². The van der Waals surface area contributed by atoms with Gasteiger partial charge < -0.3 is 14.4 Å². The minimum Gasteiger partial charge on any atom is -0.454 e. The normalized spacial score (nSPS) is 16.6. The number of amides is 1. The Kier molecular flexibility index (Phi) is 5.46. The molecule has 8 heteroatoms. The Hall–Kier alpha value is -2.25. The molecule has 1 aromatic carbocycles. The van der Waals surface area contributed by atoms with E-state index in [0.717, 1.165) is 55.6 Å². The zero-order valence-corrected chi connectivity index (χ0v) is 17.0. The first-order chi connectivity index (χ1) is 13.5. The molecule has 1 saturated heterocycles. The lowest BCUT2D eigenvalue weighted by Gasteiger charge is -2.34. The smallest absolute Gasteiger partial charge is 0.231 e. The van der Waals surface area contributed by atoms with Gasteiger partial charge in [0.1, 0.15) is 0 Å². The summed E-state index contributed by atoms with van der Waals surface area (Å²) in [4.78, 5) is 16.9. The van der Waals surface area contributed by atoms with Gasteiger partial charge in [-0.1, -0.05) is 17.7 Å². The first-order valence-electron chi connectivity index (χ1n) is 9.59. The third-order valence-electron chi connectivity index (χ3n) is 5.40. The summed E-state index contributed by atoms with van der Waals surface area (Å²) in [5.41, 5.74) is 2.93. The van der Waals surface area contributed by atoms with Crippen molar-refractivity contribution in [2.45, 2.75) is 33.4 Å². The van der Waals surface area contributed by atoms with E-state index in [1.54, 1.807) is 0 Å². The minimum atomic E-state index is 0.173. The molecule has 28 heavy (non-hydrogen) atoms. The van der Waals surface area contributed by atoms with Gasteiger partial charge >= 0.3 is 0 Å². The monoisotopic (exact) mass is 404 g/mol. The highest BCUT2D eigenvalue weighted by Gasteiger charge is 2.22. The Labute approximate surface area is 169 Å². The zero-order valence-electron chi connectivity index (χ0n) is 16.3. The fraction of sp³-hybridized carbons (Fsp3) is 0.500. The summed E-state index contributed by atoms with van der Waals surface area (Å²) >= 11 is 6.18. The highest BCUT2D eigenvalue weighted by Crippen LogP contribution is 2.32. The summed E-state index contributed by atoms with van der Waals surface area (Å²) in [6.45, 7) is 8.76. The van der Waals surface area contributed by atoms with Gasteiger partial charge in [0.25, 0.3) is 0 Å². The summed E-state index contributed by atoms with van der Waals surface area (Å²) < 4.78 is 12.6. The number of hydrogen-bond donors (Lipinski definition) is 0. The summed E-state index contributed by atoms with van der Waals surface area (Å²) in [7, 11) is 0. The Morgan fingerprint density at radius 3 is 2.61 bits per heavy atom. The number of halogens is 1. The molecule has 0 aliphatic carbocycles. The molecule has 0 spiro atoms. The van der Waals surface area contributed by atoms with E-state index in [2.05, 4.69) is 16.1 Å². The molecule has 0 bridgehead atoms. The lowest BCUT2D eigenvalue weighted by Crippen LogP contribution is -2.48. The molecule has 150 valence electrons. The molecule has 1 fully saturated rings. The molecular weight excluding hydrogens is 380 g/mol. The number of aromatic nitrogens is 2. The van der Waals surface area contributed by atoms with Gasteiger partial charge in [-0.3, -0.25) is 14.4 Å². The molecular formula is C20H25ClN4O3. The highest BCUT2D eigenvalue weighted by atomic mass is 35.5. The fourth-order valence-electron chi connectivity index (χ4n) is 3.71. The van der Waals surface area contributed by atoms with E-state index in [4.69, 9.17) is 21.1 Å². The molecule has 7 nitrogen and oxygen atoms in total. The average Bonchev–Trinajstić information content (AvgIpc) is 3.26. The highest BCUT2D eigenvalue weighted by molar-refractivity contribution is 6.31. The second-order valence-corrected chi connectivity index (χ2v) is 7.68. The molecule has 4 rings (SSSR count). The first kappa shape index (κ1) is 19.1. The van der Waals surface area contributed by atoms with Gasteiger partial charge in [-0.2, -0.15) is 5.10 Å². The molecule has 0 atom stereocenters. The zero-order chi connectivity index (χ0) is 19.7. The van der Waals surface area contributed by atoms with E-state index in [0.29, 0.717) is 24.8 Å². The van der Waals surface area contributed by atoms with E-state index in [-0.39, 0.29) is 5.91 Å². The molecule has 2 aliphatic rings. The Morgan fingerprint density at radius 1 is 1.14 bits per heavy atom. The summed E-state index contributed by atoms with van der Waals surface area (Å²) in [5, 5.41) is 5.08. The Balaban J connectivity index is 1.25. The van der Waals surface area contributed by atoms with Gasteiger partial charge in [-0.25, -0.2) is 0 Å². The lowest BCUT2D eigenvalue weighted by atomic mass is 10.1. The van der Waals surface area contributed by atoms with E-state index in [1.165, 1.54) is 5.56 Å². The predicted molar refractivity (Wildman–Crippen MR) is 106 cm³/mol. The maximum Gasteiger partial charge on any atom is 0.231 e. The number of nitrogens with zero attached hydrogens (tertiary/aromatic N) is 4. The third kappa shape index (κ3) is 3.95. The summed E-state index contributed by atoms with van der Waals surface area (Å²) in [5.74, 6) is 1.80. The van der Waals surface area contributed by atoms with Crippen molar-refractivity contribution in [1.29, 1.82) is 0 Å². The standard InChI is InChI=1S/C20H25ClN4O3/c1-14-20(21)15(2)25(22-14)6-5-19(26)24-9-7-23(8-10-24)12-16-3-4-17-18(11-16)28-13-27-17/h3-4,11H,5-10,12-13H2,1-2H3. The largest absolute Gasteiger partial charge is 0.454 e. The predicted octanol–water partition coefficient (Wildman–Crippen LogP) is 2.62. The second-order valence-electron chi connectivity index (χ2n) is 7.30. The van der Waals surface area contributed by atoms with Gasteiger partial charge in [0.05, 0.1) is 23.0 Å². The van der Waals surface area contributed by atoms with Crippen molar-refractivity contribution in [2.24, 2.45) is 0 Å². The van der Waals surface area contributed by atoms with Crippen LogP contribution in [0.4, 0.5) is 0 Å². The number of ether oxygens (including phenoxy) is 2. The second kappa shape index (κ2) is 8.01. The molecule has 2 aromatic rings. The maximum atomic E-state index is 12.6. The minimum absolute atomic E-state index is 0.173. The number of carbonyl (C=O) groups is 1. The van der Waals surface area contributed by atoms with Crippen LogP contribution in [0.5, 0.6) is 11.5 Å². The van der Waals surface area contributed by atoms with Crippen molar-refractivity contribution < 1.29 is 14.3 Å². The molecule has 0 unspecified atom stereocenters. The van der Waals surface area contributed by atoms with Crippen molar-refractivity contribution >= 4 is 17.5 Å². The van der Waals surface area contributed by atoms with Gasteiger partial charge in [-0.15, -0.1) is 0 Å². The van der Waals surface area contributed by atoms with Crippen molar-refractivity contribution in [3.05, 3.63) is 40.2 Å². The van der Waals surface area contributed by atoms with Crippen LogP contribution >= 0.6 is 11.6 Å². The molecule has 2 aliphatic heterocycles. The first-order valence-corrected chi connectivity index (χ1v) is 9.97. The van der Waals surface area contributed by atoms with Gasteiger partial charge in [0, 0.05) is 39.1 Å². The molecule has 0 saturated carbocycles. The van der Waals surface area contributed by atoms with Crippen molar-refractivity contribution in [2.75, 3.05) is 33.0 Å². The lowest BCUT2D eigenvalue weighted by molar-refractivity contribution is -0.133. The molecule has 1 amide bonds. The summed E-state index contributed by atoms with van der Waals surface area (Å²) in [6.07, 6.45) is 0.445. The van der Waals surface area contributed by atoms with Crippen LogP contribution in [-0.2, 0) is 17.9 Å². The van der Waals surface area contributed by atoms with E-state index in [1.807, 2.05) is 35.6 Å². The van der Waals surface area contributed by atoms with E-state index < -0.39 is 0 Å². The molecule has 1 aromatic heterocycles. The van der Waals surface area contributed by atoms with Crippen LogP contribution in [0.1, 0.15) is 23.4 Å². The van der Waals surface area contributed by atoms with Crippen LogP contribution in [0.2, 0.25) is 5.02 Å². The maximum absolute atomic E-state index is 12.6. The van der Waals surface area contributed by atoms with Crippen LogP contribution in [0, 0.1) is 13.8 Å². The molecule has 0 N–H and O–H groups in total. The van der Waals surface area contributed by atoms with E-state index in [9.17, 15) is 4.79 Å². The Morgan fingerprint density at radius 2 is 1.89 bits per heavy atom. The van der Waals surface area contributed by atoms with Crippen LogP contribution in [0.3, 0.4) is 0 Å². The van der Waals surface area contributed by atoms with Gasteiger partial charge in [0.15, 0.2) is 11.5 Å². The van der Waals surface area contributed by atoms with Crippen molar-refractivity contribution in [3.8, 4) is 11.5 Å². The number of rotatable bonds is 5. The fourth-order valence-corrected chi connectivity index (χ4v) is 3.84. The average molecular weight is 405 g/mol. The van der Waals surface area contributed by atoms with Crippen molar-refractivity contribution in [1.82, 2.24) is 19.6 Å². The Bertz CT molecular complexity index is 875. The number of benzene rings is 1. The molecule has 3 heterocycles. The number of hydrogen-bond acceptors (Lipinski definition) is 5. The van der Waals surface area contributed by atoms with Crippen LogP contribution in [-0.4, -0.2) is 58.5 Å². The number of aryl methyl sites for hydroxylation is 2.